The smallest absolute Gasteiger partial charge is 0.226 e. The summed E-state index contributed by atoms with van der Waals surface area (Å²) >= 11 is 1.50. The maximum atomic E-state index is 13.5. The molecule has 0 spiro atoms. The number of carbonyl (C=O) groups excluding carboxylic acids is 1. The lowest BCUT2D eigenvalue weighted by Gasteiger charge is -2.22. The van der Waals surface area contributed by atoms with E-state index in [4.69, 9.17) is 19.6 Å². The van der Waals surface area contributed by atoms with Crippen LogP contribution >= 0.6 is 11.3 Å². The van der Waals surface area contributed by atoms with Gasteiger partial charge in [0.1, 0.15) is 16.5 Å². The van der Waals surface area contributed by atoms with Gasteiger partial charge in [0.25, 0.3) is 0 Å². The van der Waals surface area contributed by atoms with Crippen LogP contribution in [0.5, 0.6) is 0 Å². The zero-order chi connectivity index (χ0) is 23.3. The van der Waals surface area contributed by atoms with Crippen molar-refractivity contribution in [1.29, 1.82) is 0 Å². The number of benzene rings is 1. The largest absolute Gasteiger partial charge is 0.381 e. The topological polar surface area (TPSA) is 78.3 Å². The molecule has 1 unspecified atom stereocenters. The predicted octanol–water partition coefficient (Wildman–Crippen LogP) is 3.93. The zero-order valence-corrected chi connectivity index (χ0v) is 19.9. The van der Waals surface area contributed by atoms with Gasteiger partial charge in [-0.1, -0.05) is 0 Å². The lowest BCUT2D eigenvalue weighted by molar-refractivity contribution is -0.120. The number of nitrogens with zero attached hydrogens (tertiary/aromatic N) is 3. The standard InChI is InChI=1S/C25H29FN4O3S/c26-20-3-1-19(2-4-20)24-22(14-30(29-24)13-18-7-10-33-15-18)25-28-21(16-34-25)11-23(31)27-12-17-5-8-32-9-6-17/h1-4,14,16-18H,5-13,15H2,(H,27,31). The maximum absolute atomic E-state index is 13.5. The minimum Gasteiger partial charge on any atom is -0.381 e. The summed E-state index contributed by atoms with van der Waals surface area (Å²) in [5, 5.41) is 10.6. The number of carbonyl (C=O) groups is 1. The van der Waals surface area contributed by atoms with Gasteiger partial charge in [-0.05, 0) is 49.4 Å². The van der Waals surface area contributed by atoms with E-state index in [0.29, 0.717) is 18.4 Å². The number of hydrogen-bond donors (Lipinski definition) is 1. The Labute approximate surface area is 202 Å². The Morgan fingerprint density at radius 1 is 1.12 bits per heavy atom. The first kappa shape index (κ1) is 23.1. The van der Waals surface area contributed by atoms with Gasteiger partial charge in [0.05, 0.1) is 24.3 Å². The van der Waals surface area contributed by atoms with E-state index >= 15 is 0 Å². The molecule has 0 aliphatic carbocycles. The van der Waals surface area contributed by atoms with Crippen molar-refractivity contribution in [3.05, 3.63) is 47.4 Å². The highest BCUT2D eigenvalue weighted by atomic mass is 32.1. The lowest BCUT2D eigenvalue weighted by atomic mass is 10.0. The van der Waals surface area contributed by atoms with Gasteiger partial charge in [0.15, 0.2) is 0 Å². The predicted molar refractivity (Wildman–Crippen MR) is 128 cm³/mol. The Balaban J connectivity index is 1.31. The number of aromatic nitrogens is 3. The molecule has 2 fully saturated rings. The molecule has 3 aromatic rings. The molecule has 1 aromatic carbocycles. The minimum atomic E-state index is -0.281. The summed E-state index contributed by atoms with van der Waals surface area (Å²) in [6.07, 6.45) is 5.25. The molecule has 4 heterocycles. The van der Waals surface area contributed by atoms with Crippen LogP contribution in [0.25, 0.3) is 21.8 Å². The Morgan fingerprint density at radius 3 is 2.65 bits per heavy atom. The SMILES string of the molecule is O=C(Cc1csc(-c2cn(CC3CCOC3)nc2-c2ccc(F)cc2)n1)NCC1CCOCC1. The third-order valence-electron chi connectivity index (χ3n) is 6.40. The Hall–Kier alpha value is -2.62. The molecule has 0 radical (unpaired) electrons. The van der Waals surface area contributed by atoms with Crippen LogP contribution in [-0.4, -0.2) is 53.6 Å². The van der Waals surface area contributed by atoms with Crippen molar-refractivity contribution in [2.75, 3.05) is 33.0 Å². The van der Waals surface area contributed by atoms with E-state index in [0.717, 1.165) is 79.8 Å². The molecule has 2 aliphatic heterocycles. The van der Waals surface area contributed by atoms with Crippen molar-refractivity contribution in [3.63, 3.8) is 0 Å². The number of amides is 1. The van der Waals surface area contributed by atoms with E-state index in [1.54, 1.807) is 12.1 Å². The molecule has 5 rings (SSSR count). The summed E-state index contributed by atoms with van der Waals surface area (Å²) in [4.78, 5) is 17.2. The number of hydrogen-bond acceptors (Lipinski definition) is 6. The number of rotatable bonds is 8. The van der Waals surface area contributed by atoms with Gasteiger partial charge >= 0.3 is 0 Å². The quantitative estimate of drug-likeness (QED) is 0.524. The van der Waals surface area contributed by atoms with Crippen LogP contribution in [0.15, 0.2) is 35.8 Å². The molecule has 0 saturated carbocycles. The van der Waals surface area contributed by atoms with Crippen LogP contribution in [0.1, 0.15) is 25.0 Å². The van der Waals surface area contributed by atoms with Crippen LogP contribution in [0, 0.1) is 17.7 Å². The van der Waals surface area contributed by atoms with Gasteiger partial charge in [-0.3, -0.25) is 9.48 Å². The van der Waals surface area contributed by atoms with E-state index in [1.165, 1.54) is 23.5 Å². The second kappa shape index (κ2) is 10.8. The molecule has 1 N–H and O–H groups in total. The van der Waals surface area contributed by atoms with E-state index in [2.05, 4.69) is 5.32 Å². The summed E-state index contributed by atoms with van der Waals surface area (Å²) in [6.45, 7) is 4.52. The Kier molecular flexibility index (Phi) is 7.32. The zero-order valence-electron chi connectivity index (χ0n) is 19.0. The van der Waals surface area contributed by atoms with Crippen molar-refractivity contribution < 1.29 is 18.7 Å². The highest BCUT2D eigenvalue weighted by Crippen LogP contribution is 2.34. The van der Waals surface area contributed by atoms with E-state index in [9.17, 15) is 9.18 Å². The monoisotopic (exact) mass is 484 g/mol. The summed E-state index contributed by atoms with van der Waals surface area (Å²) in [5.41, 5.74) is 3.24. The highest BCUT2D eigenvalue weighted by molar-refractivity contribution is 7.13. The molecule has 1 amide bonds. The number of thiazole rings is 1. The van der Waals surface area contributed by atoms with E-state index < -0.39 is 0 Å². The average molecular weight is 485 g/mol. The van der Waals surface area contributed by atoms with Gasteiger partial charge in [0.2, 0.25) is 5.91 Å². The van der Waals surface area contributed by atoms with Crippen LogP contribution in [0.3, 0.4) is 0 Å². The Bertz CT molecular complexity index is 1100. The molecule has 1 atom stereocenters. The van der Waals surface area contributed by atoms with Gasteiger partial charge < -0.3 is 14.8 Å². The molecule has 2 aliphatic rings. The average Bonchev–Trinajstić information content (AvgIpc) is 3.61. The van der Waals surface area contributed by atoms with Gasteiger partial charge in [-0.25, -0.2) is 9.37 Å². The van der Waals surface area contributed by atoms with Gasteiger partial charge in [-0.2, -0.15) is 5.10 Å². The van der Waals surface area contributed by atoms with Crippen LogP contribution in [-0.2, 0) is 27.2 Å². The second-order valence-corrected chi connectivity index (χ2v) is 9.89. The fraction of sp³-hybridized carbons (Fsp3) is 0.480. The molecule has 180 valence electrons. The fourth-order valence-corrected chi connectivity index (χ4v) is 5.26. The molecule has 0 bridgehead atoms. The first-order chi connectivity index (χ1) is 16.6. The maximum Gasteiger partial charge on any atom is 0.226 e. The first-order valence-electron chi connectivity index (χ1n) is 11.8. The van der Waals surface area contributed by atoms with Crippen molar-refractivity contribution >= 4 is 17.2 Å². The van der Waals surface area contributed by atoms with Crippen LogP contribution in [0.4, 0.5) is 4.39 Å². The Morgan fingerprint density at radius 2 is 1.88 bits per heavy atom. The van der Waals surface area contributed by atoms with Crippen molar-refractivity contribution in [2.24, 2.45) is 11.8 Å². The second-order valence-electron chi connectivity index (χ2n) is 9.03. The summed E-state index contributed by atoms with van der Waals surface area (Å²) in [5.74, 6) is 0.619. The molecule has 34 heavy (non-hydrogen) atoms. The normalized spacial score (nSPS) is 18.9. The first-order valence-corrected chi connectivity index (χ1v) is 12.7. The van der Waals surface area contributed by atoms with E-state index in [-0.39, 0.29) is 18.1 Å². The lowest BCUT2D eigenvalue weighted by Crippen LogP contribution is -2.33. The van der Waals surface area contributed by atoms with Crippen LogP contribution in [0.2, 0.25) is 0 Å². The third kappa shape index (κ3) is 5.71. The number of halogens is 1. The highest BCUT2D eigenvalue weighted by Gasteiger charge is 2.21. The summed E-state index contributed by atoms with van der Waals surface area (Å²) in [6, 6.07) is 6.36. The fourth-order valence-electron chi connectivity index (χ4n) is 4.43. The van der Waals surface area contributed by atoms with Gasteiger partial charge in [0, 0.05) is 56.0 Å². The number of nitrogens with one attached hydrogen (secondary N) is 1. The third-order valence-corrected chi connectivity index (χ3v) is 7.33. The van der Waals surface area contributed by atoms with Crippen molar-refractivity contribution in [2.45, 2.75) is 32.2 Å². The van der Waals surface area contributed by atoms with E-state index in [1.807, 2.05) is 16.3 Å². The summed E-state index contributed by atoms with van der Waals surface area (Å²) < 4.78 is 26.3. The molecule has 2 aromatic heterocycles. The molecular formula is C25H29FN4O3S. The number of ether oxygens (including phenoxy) is 2. The van der Waals surface area contributed by atoms with Crippen molar-refractivity contribution in [1.82, 2.24) is 20.1 Å². The molecule has 2 saturated heterocycles. The summed E-state index contributed by atoms with van der Waals surface area (Å²) in [7, 11) is 0. The van der Waals surface area contributed by atoms with Gasteiger partial charge in [-0.15, -0.1) is 11.3 Å². The molecule has 7 nitrogen and oxygen atoms in total. The van der Waals surface area contributed by atoms with Crippen molar-refractivity contribution in [3.8, 4) is 21.8 Å². The molecule has 9 heteroatoms. The minimum absolute atomic E-state index is 0.0148. The van der Waals surface area contributed by atoms with Crippen LogP contribution < -0.4 is 5.32 Å². The molecular weight excluding hydrogens is 455 g/mol.